The molecular formula is C17H17ClN2. The number of halogens is 1. The van der Waals surface area contributed by atoms with Crippen LogP contribution in [0.4, 0.5) is 0 Å². The maximum atomic E-state index is 6.14. The van der Waals surface area contributed by atoms with Crippen molar-refractivity contribution in [2.24, 2.45) is 0 Å². The van der Waals surface area contributed by atoms with Gasteiger partial charge in [-0.05, 0) is 41.8 Å². The van der Waals surface area contributed by atoms with Crippen LogP contribution in [0.3, 0.4) is 0 Å². The molecule has 0 aliphatic carbocycles. The standard InChI is InChI=1S/C17H17ClN2/c1-12(2)16-11-20(10-14-5-3-4-8-19-14)17-7-6-13(18)9-15(16)17/h3-9,11-12H,10H2,1-2H3. The Balaban J connectivity index is 2.11. The summed E-state index contributed by atoms with van der Waals surface area (Å²) in [6.45, 7) is 5.20. The maximum absolute atomic E-state index is 6.14. The highest BCUT2D eigenvalue weighted by Crippen LogP contribution is 2.30. The van der Waals surface area contributed by atoms with Gasteiger partial charge in [0.15, 0.2) is 0 Å². The first-order valence-corrected chi connectivity index (χ1v) is 7.21. The summed E-state index contributed by atoms with van der Waals surface area (Å²) in [6, 6.07) is 12.1. The highest BCUT2D eigenvalue weighted by atomic mass is 35.5. The molecule has 0 bridgehead atoms. The summed E-state index contributed by atoms with van der Waals surface area (Å²) >= 11 is 6.14. The zero-order valence-electron chi connectivity index (χ0n) is 11.7. The van der Waals surface area contributed by atoms with Gasteiger partial charge in [-0.1, -0.05) is 31.5 Å². The smallest absolute Gasteiger partial charge is 0.0648 e. The van der Waals surface area contributed by atoms with E-state index in [0.29, 0.717) is 5.92 Å². The molecule has 3 rings (SSSR count). The molecule has 0 saturated carbocycles. The van der Waals surface area contributed by atoms with Gasteiger partial charge < -0.3 is 4.57 Å². The van der Waals surface area contributed by atoms with E-state index in [9.17, 15) is 0 Å². The van der Waals surface area contributed by atoms with Crippen LogP contribution in [-0.2, 0) is 6.54 Å². The zero-order chi connectivity index (χ0) is 14.1. The lowest BCUT2D eigenvalue weighted by atomic mass is 10.0. The molecule has 0 N–H and O–H groups in total. The van der Waals surface area contributed by atoms with Crippen LogP contribution in [0.25, 0.3) is 10.9 Å². The van der Waals surface area contributed by atoms with Crippen molar-refractivity contribution in [2.45, 2.75) is 26.3 Å². The molecule has 0 aliphatic heterocycles. The topological polar surface area (TPSA) is 17.8 Å². The normalized spacial score (nSPS) is 11.4. The van der Waals surface area contributed by atoms with Gasteiger partial charge in [-0.15, -0.1) is 0 Å². The zero-order valence-corrected chi connectivity index (χ0v) is 12.4. The third kappa shape index (κ3) is 2.44. The van der Waals surface area contributed by atoms with Crippen molar-refractivity contribution in [1.82, 2.24) is 9.55 Å². The molecule has 0 spiro atoms. The lowest BCUT2D eigenvalue weighted by Gasteiger charge is -2.04. The van der Waals surface area contributed by atoms with E-state index < -0.39 is 0 Å². The molecule has 2 nitrogen and oxygen atoms in total. The van der Waals surface area contributed by atoms with Gasteiger partial charge in [-0.25, -0.2) is 0 Å². The Labute approximate surface area is 124 Å². The van der Waals surface area contributed by atoms with E-state index >= 15 is 0 Å². The highest BCUT2D eigenvalue weighted by Gasteiger charge is 2.12. The van der Waals surface area contributed by atoms with Crippen molar-refractivity contribution in [2.75, 3.05) is 0 Å². The van der Waals surface area contributed by atoms with E-state index in [2.05, 4.69) is 47.8 Å². The van der Waals surface area contributed by atoms with Gasteiger partial charge in [0.05, 0.1) is 12.2 Å². The monoisotopic (exact) mass is 284 g/mol. The first-order valence-electron chi connectivity index (χ1n) is 6.83. The molecule has 1 aromatic carbocycles. The van der Waals surface area contributed by atoms with Gasteiger partial charge in [0.1, 0.15) is 0 Å². The Hall–Kier alpha value is -1.80. The third-order valence-corrected chi connectivity index (χ3v) is 3.79. The average Bonchev–Trinajstić information content (AvgIpc) is 2.78. The number of benzene rings is 1. The first-order chi connectivity index (χ1) is 9.65. The van der Waals surface area contributed by atoms with E-state index in [0.717, 1.165) is 17.3 Å². The number of hydrogen-bond acceptors (Lipinski definition) is 1. The van der Waals surface area contributed by atoms with Gasteiger partial charge in [0.25, 0.3) is 0 Å². The molecule has 3 aromatic rings. The number of fused-ring (bicyclic) bond motifs is 1. The molecule has 3 heteroatoms. The number of hydrogen-bond donors (Lipinski definition) is 0. The van der Waals surface area contributed by atoms with Crippen molar-refractivity contribution in [3.63, 3.8) is 0 Å². The summed E-state index contributed by atoms with van der Waals surface area (Å²) in [7, 11) is 0. The van der Waals surface area contributed by atoms with E-state index in [1.807, 2.05) is 24.4 Å². The maximum Gasteiger partial charge on any atom is 0.0648 e. The lowest BCUT2D eigenvalue weighted by molar-refractivity contribution is 0.789. The molecule has 0 unspecified atom stereocenters. The summed E-state index contributed by atoms with van der Waals surface area (Å²) in [4.78, 5) is 4.41. The second-order valence-corrected chi connectivity index (χ2v) is 5.79. The molecule has 20 heavy (non-hydrogen) atoms. The molecule has 2 aromatic heterocycles. The fraction of sp³-hybridized carbons (Fsp3) is 0.235. The van der Waals surface area contributed by atoms with Crippen LogP contribution in [0.1, 0.15) is 31.0 Å². The van der Waals surface area contributed by atoms with Gasteiger partial charge >= 0.3 is 0 Å². The molecule has 102 valence electrons. The van der Waals surface area contributed by atoms with Gasteiger partial charge in [-0.2, -0.15) is 0 Å². The average molecular weight is 285 g/mol. The molecule has 0 amide bonds. The van der Waals surface area contributed by atoms with Crippen molar-refractivity contribution >= 4 is 22.5 Å². The van der Waals surface area contributed by atoms with Crippen LogP contribution >= 0.6 is 11.6 Å². The molecule has 0 fully saturated rings. The van der Waals surface area contributed by atoms with Crippen LogP contribution in [0, 0.1) is 0 Å². The number of nitrogens with zero attached hydrogens (tertiary/aromatic N) is 2. The van der Waals surface area contributed by atoms with Crippen molar-refractivity contribution in [3.05, 3.63) is 65.1 Å². The van der Waals surface area contributed by atoms with Gasteiger partial charge in [-0.3, -0.25) is 4.98 Å². The van der Waals surface area contributed by atoms with Crippen molar-refractivity contribution in [1.29, 1.82) is 0 Å². The van der Waals surface area contributed by atoms with Crippen LogP contribution in [0.15, 0.2) is 48.8 Å². The fourth-order valence-corrected chi connectivity index (χ4v) is 2.73. The Morgan fingerprint density at radius 1 is 1.20 bits per heavy atom. The van der Waals surface area contributed by atoms with E-state index in [-0.39, 0.29) is 0 Å². The summed E-state index contributed by atoms with van der Waals surface area (Å²) in [5.41, 5.74) is 3.61. The van der Waals surface area contributed by atoms with Crippen LogP contribution < -0.4 is 0 Å². The highest BCUT2D eigenvalue weighted by molar-refractivity contribution is 6.31. The molecule has 0 saturated heterocycles. The molecule has 2 heterocycles. The summed E-state index contributed by atoms with van der Waals surface area (Å²) < 4.78 is 2.25. The third-order valence-electron chi connectivity index (χ3n) is 3.55. The minimum atomic E-state index is 0.473. The second kappa shape index (κ2) is 5.29. The summed E-state index contributed by atoms with van der Waals surface area (Å²) in [5.74, 6) is 0.473. The Bertz CT molecular complexity index is 729. The first kappa shape index (κ1) is 13.2. The SMILES string of the molecule is CC(C)c1cn(Cc2ccccn2)c2ccc(Cl)cc12. The molecule has 0 atom stereocenters. The quantitative estimate of drug-likeness (QED) is 0.671. The summed E-state index contributed by atoms with van der Waals surface area (Å²) in [5, 5.41) is 2.03. The predicted molar refractivity (Wildman–Crippen MR) is 84.4 cm³/mol. The lowest BCUT2D eigenvalue weighted by Crippen LogP contribution is -1.99. The van der Waals surface area contributed by atoms with Crippen molar-refractivity contribution in [3.8, 4) is 0 Å². The van der Waals surface area contributed by atoms with Crippen LogP contribution in [0.2, 0.25) is 5.02 Å². The van der Waals surface area contributed by atoms with Gasteiger partial charge in [0, 0.05) is 28.3 Å². The van der Waals surface area contributed by atoms with Crippen LogP contribution in [-0.4, -0.2) is 9.55 Å². The number of rotatable bonds is 3. The van der Waals surface area contributed by atoms with E-state index in [4.69, 9.17) is 11.6 Å². The largest absolute Gasteiger partial charge is 0.341 e. The van der Waals surface area contributed by atoms with E-state index in [1.54, 1.807) is 0 Å². The number of pyridine rings is 1. The summed E-state index contributed by atoms with van der Waals surface area (Å²) in [6.07, 6.45) is 4.06. The second-order valence-electron chi connectivity index (χ2n) is 5.35. The van der Waals surface area contributed by atoms with Gasteiger partial charge in [0.2, 0.25) is 0 Å². The Morgan fingerprint density at radius 2 is 2.05 bits per heavy atom. The minimum absolute atomic E-state index is 0.473. The predicted octanol–water partition coefficient (Wildman–Crippen LogP) is 4.86. The Kier molecular flexibility index (Phi) is 3.49. The molecule has 0 aliphatic rings. The molecular weight excluding hydrogens is 268 g/mol. The minimum Gasteiger partial charge on any atom is -0.341 e. The van der Waals surface area contributed by atoms with Crippen molar-refractivity contribution < 1.29 is 0 Å². The Morgan fingerprint density at radius 3 is 2.75 bits per heavy atom. The van der Waals surface area contributed by atoms with E-state index in [1.165, 1.54) is 16.5 Å². The number of aromatic nitrogens is 2. The molecule has 0 radical (unpaired) electrons. The van der Waals surface area contributed by atoms with Crippen LogP contribution in [0.5, 0.6) is 0 Å². The fourth-order valence-electron chi connectivity index (χ4n) is 2.55.